The lowest BCUT2D eigenvalue weighted by Gasteiger charge is -2.01. The van der Waals surface area contributed by atoms with Crippen LogP contribution in [0, 0.1) is 5.82 Å². The number of nitrogens with zero attached hydrogens (tertiary/aromatic N) is 1. The van der Waals surface area contributed by atoms with Gasteiger partial charge in [-0.2, -0.15) is 0 Å². The van der Waals surface area contributed by atoms with Crippen molar-refractivity contribution in [2.75, 3.05) is 0 Å². The highest BCUT2D eigenvalue weighted by atomic mass is 79.9. The maximum Gasteiger partial charge on any atom is 0.211 e. The molecule has 2 N–H and O–H groups in total. The first-order valence-corrected chi connectivity index (χ1v) is 5.54. The molecule has 0 amide bonds. The van der Waals surface area contributed by atoms with Crippen LogP contribution < -0.4 is 5.73 Å². The van der Waals surface area contributed by atoms with Gasteiger partial charge in [0.15, 0.2) is 5.76 Å². The predicted molar refractivity (Wildman–Crippen MR) is 62.2 cm³/mol. The minimum atomic E-state index is -0.366. The Kier molecular flexibility index (Phi) is 3.07. The quantitative estimate of drug-likeness (QED) is 0.921. The van der Waals surface area contributed by atoms with Gasteiger partial charge in [0.1, 0.15) is 5.82 Å². The second-order valence-electron chi connectivity index (χ2n) is 3.45. The van der Waals surface area contributed by atoms with Crippen LogP contribution >= 0.6 is 15.9 Å². The maximum atomic E-state index is 13.7. The molecule has 1 aromatic carbocycles. The molecule has 0 aliphatic rings. The van der Waals surface area contributed by atoms with Gasteiger partial charge in [0, 0.05) is 0 Å². The molecule has 84 valence electrons. The highest BCUT2D eigenvalue weighted by molar-refractivity contribution is 9.10. The molecule has 0 spiro atoms. The molecule has 16 heavy (non-hydrogen) atoms. The van der Waals surface area contributed by atoms with Crippen LogP contribution in [0.2, 0.25) is 0 Å². The number of nitrogens with two attached hydrogens (primary N) is 1. The third kappa shape index (κ3) is 2.01. The zero-order valence-corrected chi connectivity index (χ0v) is 10.2. The number of hydrogen-bond donors (Lipinski definition) is 1. The number of oxazole rings is 1. The average Bonchev–Trinajstić information content (AvgIpc) is 2.71. The number of rotatable bonds is 2. The summed E-state index contributed by atoms with van der Waals surface area (Å²) in [7, 11) is 0. The molecule has 1 unspecified atom stereocenters. The molecule has 0 radical (unpaired) electrons. The van der Waals surface area contributed by atoms with Crippen molar-refractivity contribution in [3.05, 3.63) is 40.6 Å². The smallest absolute Gasteiger partial charge is 0.211 e. The van der Waals surface area contributed by atoms with E-state index in [4.69, 9.17) is 10.2 Å². The molecule has 0 aliphatic heterocycles. The van der Waals surface area contributed by atoms with Gasteiger partial charge in [0.05, 0.1) is 22.3 Å². The van der Waals surface area contributed by atoms with E-state index in [0.29, 0.717) is 21.7 Å². The number of halogens is 2. The Hall–Kier alpha value is -1.20. The van der Waals surface area contributed by atoms with E-state index in [1.807, 2.05) is 0 Å². The van der Waals surface area contributed by atoms with Crippen LogP contribution in [0.5, 0.6) is 0 Å². The summed E-state index contributed by atoms with van der Waals surface area (Å²) in [5, 5.41) is 0. The monoisotopic (exact) mass is 284 g/mol. The molecule has 0 aliphatic carbocycles. The van der Waals surface area contributed by atoms with Crippen LogP contribution in [0.25, 0.3) is 11.3 Å². The van der Waals surface area contributed by atoms with Crippen molar-refractivity contribution in [3.63, 3.8) is 0 Å². The van der Waals surface area contributed by atoms with Crippen LogP contribution in [0.4, 0.5) is 4.39 Å². The van der Waals surface area contributed by atoms with Gasteiger partial charge in [-0.3, -0.25) is 0 Å². The molecular formula is C11H10BrFN2O. The zero-order chi connectivity index (χ0) is 11.7. The summed E-state index contributed by atoms with van der Waals surface area (Å²) in [5.74, 6) is 0.412. The van der Waals surface area contributed by atoms with E-state index < -0.39 is 0 Å². The molecular weight excluding hydrogens is 275 g/mol. The standard InChI is InChI=1S/C11H10BrFN2O/c1-6(14)11-15-5-9(16-11)7-3-2-4-8(12)10(7)13/h2-6H,14H2,1H3. The maximum absolute atomic E-state index is 13.7. The van der Waals surface area contributed by atoms with Crippen molar-refractivity contribution in [1.82, 2.24) is 4.98 Å². The van der Waals surface area contributed by atoms with Crippen LogP contribution in [0.15, 0.2) is 33.3 Å². The van der Waals surface area contributed by atoms with Crippen molar-refractivity contribution in [2.24, 2.45) is 5.73 Å². The fourth-order valence-electron chi connectivity index (χ4n) is 1.32. The second-order valence-corrected chi connectivity index (χ2v) is 4.31. The average molecular weight is 285 g/mol. The van der Waals surface area contributed by atoms with Gasteiger partial charge in [-0.15, -0.1) is 0 Å². The van der Waals surface area contributed by atoms with E-state index >= 15 is 0 Å². The number of benzene rings is 1. The highest BCUT2D eigenvalue weighted by Crippen LogP contribution is 2.28. The van der Waals surface area contributed by atoms with E-state index in [-0.39, 0.29) is 11.9 Å². The molecule has 5 heteroatoms. The summed E-state index contributed by atoms with van der Waals surface area (Å²) in [6.07, 6.45) is 1.48. The molecule has 0 fully saturated rings. The van der Waals surface area contributed by atoms with Gasteiger partial charge in [-0.05, 0) is 35.0 Å². The Labute approximate surface area is 101 Å². The highest BCUT2D eigenvalue weighted by Gasteiger charge is 2.14. The molecule has 0 bridgehead atoms. The van der Waals surface area contributed by atoms with Gasteiger partial charge in [-0.1, -0.05) is 6.07 Å². The van der Waals surface area contributed by atoms with Crippen LogP contribution in [0.3, 0.4) is 0 Å². The normalized spacial score (nSPS) is 12.8. The van der Waals surface area contributed by atoms with E-state index in [9.17, 15) is 4.39 Å². The third-order valence-corrected chi connectivity index (χ3v) is 2.74. The molecule has 1 aromatic heterocycles. The van der Waals surface area contributed by atoms with Crippen molar-refractivity contribution < 1.29 is 8.81 Å². The largest absolute Gasteiger partial charge is 0.439 e. The van der Waals surface area contributed by atoms with Crippen LogP contribution in [-0.4, -0.2) is 4.98 Å². The Balaban J connectivity index is 2.47. The van der Waals surface area contributed by atoms with Crippen molar-refractivity contribution >= 4 is 15.9 Å². The first-order chi connectivity index (χ1) is 7.59. The lowest BCUT2D eigenvalue weighted by molar-refractivity contribution is 0.471. The van der Waals surface area contributed by atoms with E-state index in [0.717, 1.165) is 0 Å². The molecule has 1 heterocycles. The predicted octanol–water partition coefficient (Wildman–Crippen LogP) is 3.26. The SMILES string of the molecule is CC(N)c1ncc(-c2cccc(Br)c2F)o1. The minimum absolute atomic E-state index is 0.302. The second kappa shape index (κ2) is 4.35. The molecule has 0 saturated carbocycles. The lowest BCUT2D eigenvalue weighted by atomic mass is 10.2. The van der Waals surface area contributed by atoms with Gasteiger partial charge in [0.25, 0.3) is 0 Å². The van der Waals surface area contributed by atoms with Gasteiger partial charge >= 0.3 is 0 Å². The van der Waals surface area contributed by atoms with Crippen LogP contribution in [-0.2, 0) is 0 Å². The first-order valence-electron chi connectivity index (χ1n) is 4.75. The summed E-state index contributed by atoms with van der Waals surface area (Å²) in [4.78, 5) is 3.99. The molecule has 2 rings (SSSR count). The van der Waals surface area contributed by atoms with Gasteiger partial charge in [-0.25, -0.2) is 9.37 Å². The summed E-state index contributed by atoms with van der Waals surface area (Å²) < 4.78 is 19.5. The van der Waals surface area contributed by atoms with Crippen molar-refractivity contribution in [2.45, 2.75) is 13.0 Å². The minimum Gasteiger partial charge on any atom is -0.439 e. The van der Waals surface area contributed by atoms with E-state index in [2.05, 4.69) is 20.9 Å². The van der Waals surface area contributed by atoms with E-state index in [1.54, 1.807) is 25.1 Å². The Bertz CT molecular complexity index is 510. The first kappa shape index (κ1) is 11.3. The van der Waals surface area contributed by atoms with Gasteiger partial charge < -0.3 is 10.2 Å². The molecule has 1 atom stereocenters. The van der Waals surface area contributed by atoms with E-state index in [1.165, 1.54) is 6.20 Å². The lowest BCUT2D eigenvalue weighted by Crippen LogP contribution is -2.04. The number of aromatic nitrogens is 1. The number of hydrogen-bond acceptors (Lipinski definition) is 3. The third-order valence-electron chi connectivity index (χ3n) is 2.13. The topological polar surface area (TPSA) is 52.0 Å². The van der Waals surface area contributed by atoms with Gasteiger partial charge in [0.2, 0.25) is 5.89 Å². The zero-order valence-electron chi connectivity index (χ0n) is 8.58. The van der Waals surface area contributed by atoms with Crippen molar-refractivity contribution in [1.29, 1.82) is 0 Å². The fraction of sp³-hybridized carbons (Fsp3) is 0.182. The fourth-order valence-corrected chi connectivity index (χ4v) is 1.68. The summed E-state index contributed by atoms with van der Waals surface area (Å²) in [6.45, 7) is 1.76. The summed E-state index contributed by atoms with van der Waals surface area (Å²) in [5.41, 5.74) is 5.98. The Morgan fingerprint density at radius 3 is 2.88 bits per heavy atom. The Morgan fingerprint density at radius 2 is 2.25 bits per heavy atom. The molecule has 0 saturated heterocycles. The molecule has 3 nitrogen and oxygen atoms in total. The molecule has 2 aromatic rings. The summed E-state index contributed by atoms with van der Waals surface area (Å²) >= 11 is 3.12. The Morgan fingerprint density at radius 1 is 1.50 bits per heavy atom. The van der Waals surface area contributed by atoms with Crippen molar-refractivity contribution in [3.8, 4) is 11.3 Å². The van der Waals surface area contributed by atoms with Crippen LogP contribution in [0.1, 0.15) is 18.9 Å². The summed E-state index contributed by atoms with van der Waals surface area (Å²) in [6, 6.07) is 4.69.